The molecular weight excluding hydrogens is 308 g/mol. The lowest BCUT2D eigenvalue weighted by Gasteiger charge is -2.28. The zero-order valence-electron chi connectivity index (χ0n) is 15.3. The van der Waals surface area contributed by atoms with E-state index in [4.69, 9.17) is 15.9 Å². The van der Waals surface area contributed by atoms with Gasteiger partial charge in [-0.3, -0.25) is 0 Å². The van der Waals surface area contributed by atoms with Gasteiger partial charge in [0, 0.05) is 11.8 Å². The number of carbonyl (C=O) groups excluding carboxylic acids is 2. The Balaban J connectivity index is 3.31. The Hall–Kier alpha value is -2.55. The zero-order valence-corrected chi connectivity index (χ0v) is 15.3. The van der Waals surface area contributed by atoms with E-state index in [0.717, 1.165) is 4.90 Å². The molecule has 130 valence electrons. The summed E-state index contributed by atoms with van der Waals surface area (Å²) in [4.78, 5) is 29.9. The van der Waals surface area contributed by atoms with Gasteiger partial charge in [0.25, 0.3) is 0 Å². The number of imide groups is 1. The normalized spacial score (nSPS) is 11.4. The molecule has 0 unspecified atom stereocenters. The molecule has 1 heterocycles. The number of nitrogens with zero attached hydrogens (tertiary/aromatic N) is 2. The van der Waals surface area contributed by atoms with E-state index in [9.17, 15) is 9.59 Å². The number of terminal acetylenes is 1. The van der Waals surface area contributed by atoms with Crippen molar-refractivity contribution in [3.05, 3.63) is 23.4 Å². The van der Waals surface area contributed by atoms with E-state index in [-0.39, 0.29) is 5.82 Å². The van der Waals surface area contributed by atoms with Gasteiger partial charge in [0.05, 0.1) is 0 Å². The van der Waals surface area contributed by atoms with Gasteiger partial charge in [-0.2, -0.15) is 4.90 Å². The second-order valence-electron chi connectivity index (χ2n) is 7.30. The van der Waals surface area contributed by atoms with Gasteiger partial charge in [-0.15, -0.1) is 6.42 Å². The number of carbonyl (C=O) groups is 2. The summed E-state index contributed by atoms with van der Waals surface area (Å²) in [5.41, 5.74) is -0.444. The van der Waals surface area contributed by atoms with E-state index in [1.54, 1.807) is 54.5 Å². The highest BCUT2D eigenvalue weighted by Crippen LogP contribution is 2.23. The van der Waals surface area contributed by atoms with Gasteiger partial charge in [-0.1, -0.05) is 5.92 Å². The lowest BCUT2D eigenvalue weighted by molar-refractivity contribution is 0.0428. The largest absolute Gasteiger partial charge is 0.443 e. The molecule has 0 spiro atoms. The van der Waals surface area contributed by atoms with Gasteiger partial charge >= 0.3 is 12.2 Å². The van der Waals surface area contributed by atoms with Crippen LogP contribution in [0, 0.1) is 19.3 Å². The molecular formula is C18H24N2O4. The van der Waals surface area contributed by atoms with Gasteiger partial charge in [0.2, 0.25) is 0 Å². The van der Waals surface area contributed by atoms with Crippen molar-refractivity contribution in [2.45, 2.75) is 59.7 Å². The zero-order chi connectivity index (χ0) is 18.7. The lowest BCUT2D eigenvalue weighted by atomic mass is 10.2. The summed E-state index contributed by atoms with van der Waals surface area (Å²) in [6, 6.07) is 1.66. The average molecular weight is 332 g/mol. The first kappa shape index (κ1) is 19.5. The molecule has 1 aromatic heterocycles. The Labute approximate surface area is 143 Å². The molecule has 2 amide bonds. The third-order valence-electron chi connectivity index (χ3n) is 2.58. The molecule has 6 heteroatoms. The molecule has 1 rings (SSSR count). The van der Waals surface area contributed by atoms with Crippen LogP contribution in [0.1, 0.15) is 52.7 Å². The number of ether oxygens (including phenoxy) is 2. The van der Waals surface area contributed by atoms with Crippen molar-refractivity contribution in [2.24, 2.45) is 0 Å². The molecule has 24 heavy (non-hydrogen) atoms. The van der Waals surface area contributed by atoms with Gasteiger partial charge in [-0.05, 0) is 60.1 Å². The maximum Gasteiger partial charge on any atom is 0.425 e. The van der Waals surface area contributed by atoms with Crippen LogP contribution >= 0.6 is 0 Å². The Bertz CT molecular complexity index is 648. The third-order valence-corrected chi connectivity index (χ3v) is 2.58. The van der Waals surface area contributed by atoms with Crippen LogP contribution < -0.4 is 4.90 Å². The summed E-state index contributed by atoms with van der Waals surface area (Å²) in [6.07, 6.45) is 5.03. The van der Waals surface area contributed by atoms with Gasteiger partial charge in [-0.25, -0.2) is 14.6 Å². The van der Waals surface area contributed by atoms with Crippen molar-refractivity contribution < 1.29 is 19.1 Å². The molecule has 0 bridgehead atoms. The smallest absolute Gasteiger partial charge is 0.425 e. The fraction of sp³-hybridized carbons (Fsp3) is 0.500. The molecule has 0 N–H and O–H groups in total. The van der Waals surface area contributed by atoms with E-state index in [0.29, 0.717) is 11.1 Å². The number of hydrogen-bond donors (Lipinski definition) is 0. The predicted molar refractivity (Wildman–Crippen MR) is 91.9 cm³/mol. The van der Waals surface area contributed by atoms with Crippen LogP contribution in [-0.4, -0.2) is 28.4 Å². The molecule has 0 saturated carbocycles. The Morgan fingerprint density at radius 2 is 1.54 bits per heavy atom. The average Bonchev–Trinajstić information content (AvgIpc) is 2.36. The van der Waals surface area contributed by atoms with Gasteiger partial charge in [0.1, 0.15) is 11.2 Å². The van der Waals surface area contributed by atoms with Crippen LogP contribution in [0.4, 0.5) is 15.4 Å². The summed E-state index contributed by atoms with van der Waals surface area (Å²) in [7, 11) is 0. The summed E-state index contributed by atoms with van der Waals surface area (Å²) in [6.45, 7) is 11.9. The maximum atomic E-state index is 12.5. The van der Waals surface area contributed by atoms with E-state index < -0.39 is 23.4 Å². The topological polar surface area (TPSA) is 68.7 Å². The summed E-state index contributed by atoms with van der Waals surface area (Å²) in [5, 5.41) is 0. The second-order valence-corrected chi connectivity index (χ2v) is 7.30. The quantitative estimate of drug-likeness (QED) is 0.726. The minimum atomic E-state index is -0.860. The molecule has 0 radical (unpaired) electrons. The Kier molecular flexibility index (Phi) is 5.62. The van der Waals surface area contributed by atoms with Crippen molar-refractivity contribution in [3.8, 4) is 12.3 Å². The van der Waals surface area contributed by atoms with Crippen LogP contribution in [0.3, 0.4) is 0 Å². The van der Waals surface area contributed by atoms with E-state index in [2.05, 4.69) is 10.9 Å². The molecule has 6 nitrogen and oxygen atoms in total. The molecule has 1 aromatic rings. The second kappa shape index (κ2) is 6.91. The first-order valence-electron chi connectivity index (χ1n) is 7.53. The number of pyridine rings is 1. The monoisotopic (exact) mass is 332 g/mol. The minimum absolute atomic E-state index is 0.123. The predicted octanol–water partition coefficient (Wildman–Crippen LogP) is 4.05. The number of aromatic nitrogens is 1. The molecule has 0 fully saturated rings. The number of hydrogen-bond acceptors (Lipinski definition) is 5. The summed E-state index contributed by atoms with van der Waals surface area (Å²) >= 11 is 0. The van der Waals surface area contributed by atoms with Crippen LogP contribution in [0.15, 0.2) is 12.3 Å². The summed E-state index contributed by atoms with van der Waals surface area (Å²) < 4.78 is 10.6. The SMILES string of the molecule is C#Cc1cnc(N(C(=O)OC(C)(C)C)C(=O)OC(C)(C)C)c(C)c1. The van der Waals surface area contributed by atoms with Crippen LogP contribution in [-0.2, 0) is 9.47 Å². The third kappa shape index (κ3) is 5.58. The van der Waals surface area contributed by atoms with Crippen LogP contribution in [0.5, 0.6) is 0 Å². The van der Waals surface area contributed by atoms with Crippen molar-refractivity contribution >= 4 is 18.0 Å². The van der Waals surface area contributed by atoms with Crippen LogP contribution in [0.2, 0.25) is 0 Å². The lowest BCUT2D eigenvalue weighted by Crippen LogP contribution is -2.44. The Morgan fingerprint density at radius 3 is 1.88 bits per heavy atom. The Morgan fingerprint density at radius 1 is 1.08 bits per heavy atom. The van der Waals surface area contributed by atoms with Gasteiger partial charge < -0.3 is 9.47 Å². The first-order chi connectivity index (χ1) is 10.8. The van der Waals surface area contributed by atoms with E-state index >= 15 is 0 Å². The first-order valence-corrected chi connectivity index (χ1v) is 7.53. The van der Waals surface area contributed by atoms with Crippen LogP contribution in [0.25, 0.3) is 0 Å². The maximum absolute atomic E-state index is 12.5. The number of rotatable bonds is 1. The fourth-order valence-electron chi connectivity index (χ4n) is 1.74. The van der Waals surface area contributed by atoms with Crippen molar-refractivity contribution in [1.82, 2.24) is 4.98 Å². The highest BCUT2D eigenvalue weighted by molar-refractivity contribution is 6.09. The van der Waals surface area contributed by atoms with Crippen molar-refractivity contribution in [2.75, 3.05) is 4.90 Å². The van der Waals surface area contributed by atoms with Gasteiger partial charge in [0.15, 0.2) is 5.82 Å². The highest BCUT2D eigenvalue weighted by atomic mass is 16.6. The number of anilines is 1. The molecule has 0 aliphatic heterocycles. The standard InChI is InChI=1S/C18H24N2O4/c1-9-13-10-12(2)14(19-11-13)20(15(21)23-17(3,4)5)16(22)24-18(6,7)8/h1,10-11H,2-8H3. The molecule has 0 saturated heterocycles. The summed E-state index contributed by atoms with van der Waals surface area (Å²) in [5.74, 6) is 2.58. The molecule has 0 atom stereocenters. The van der Waals surface area contributed by atoms with E-state index in [1.807, 2.05) is 0 Å². The van der Waals surface area contributed by atoms with Crippen molar-refractivity contribution in [3.63, 3.8) is 0 Å². The highest BCUT2D eigenvalue weighted by Gasteiger charge is 2.34. The number of aryl methyl sites for hydroxylation is 1. The minimum Gasteiger partial charge on any atom is -0.443 e. The molecule has 0 aliphatic carbocycles. The van der Waals surface area contributed by atoms with E-state index in [1.165, 1.54) is 6.20 Å². The molecule has 0 aromatic carbocycles. The van der Waals surface area contributed by atoms with Crippen molar-refractivity contribution in [1.29, 1.82) is 0 Å². The number of amides is 2. The molecule has 0 aliphatic rings. The fourth-order valence-corrected chi connectivity index (χ4v) is 1.74.